The van der Waals surface area contributed by atoms with Crippen LogP contribution in [0.5, 0.6) is 5.75 Å². The van der Waals surface area contributed by atoms with Gasteiger partial charge in [-0.2, -0.15) is 0 Å². The fourth-order valence-corrected chi connectivity index (χ4v) is 1.29. The summed E-state index contributed by atoms with van der Waals surface area (Å²) in [6, 6.07) is 5.28. The van der Waals surface area contributed by atoms with E-state index in [0.29, 0.717) is 11.4 Å². The van der Waals surface area contributed by atoms with Crippen LogP contribution in [0.3, 0.4) is 0 Å². The maximum atomic E-state index is 11.4. The summed E-state index contributed by atoms with van der Waals surface area (Å²) in [5.74, 6) is -1.22. The molecule has 1 rings (SSSR count). The largest absolute Gasteiger partial charge is 0.495 e. The molecule has 0 fully saturated rings. The molecule has 5 nitrogen and oxygen atoms in total. The molecule has 0 aliphatic heterocycles. The summed E-state index contributed by atoms with van der Waals surface area (Å²) >= 11 is 0. The standard InChI is InChI=1S/C12H15NO4/c1-4-17-12(15)11(14)13-9-7-8(2)5-6-10(9)16-3/h5-7H,4H2,1-3H3,(H,13,14). The van der Waals surface area contributed by atoms with Gasteiger partial charge in [0.2, 0.25) is 0 Å². The van der Waals surface area contributed by atoms with Gasteiger partial charge < -0.3 is 14.8 Å². The lowest BCUT2D eigenvalue weighted by molar-refractivity contribution is -0.152. The first kappa shape index (κ1) is 13.0. The average molecular weight is 237 g/mol. The lowest BCUT2D eigenvalue weighted by atomic mass is 10.2. The Balaban J connectivity index is 2.83. The fraction of sp³-hybridized carbons (Fsp3) is 0.333. The molecule has 5 heteroatoms. The summed E-state index contributed by atoms with van der Waals surface area (Å²) in [6.45, 7) is 3.68. The van der Waals surface area contributed by atoms with Gasteiger partial charge in [0.15, 0.2) is 0 Å². The number of amides is 1. The normalized spacial score (nSPS) is 9.59. The topological polar surface area (TPSA) is 64.6 Å². The second-order valence-electron chi connectivity index (χ2n) is 3.38. The summed E-state index contributed by atoms with van der Waals surface area (Å²) in [5, 5.41) is 2.45. The van der Waals surface area contributed by atoms with Gasteiger partial charge in [-0.1, -0.05) is 6.07 Å². The SMILES string of the molecule is CCOC(=O)C(=O)Nc1cc(C)ccc1OC. The fourth-order valence-electron chi connectivity index (χ4n) is 1.29. The molecule has 1 aromatic carbocycles. The molecule has 0 atom stereocenters. The van der Waals surface area contributed by atoms with E-state index in [4.69, 9.17) is 4.74 Å². The number of aryl methyl sites for hydroxylation is 1. The maximum absolute atomic E-state index is 11.4. The van der Waals surface area contributed by atoms with Gasteiger partial charge in [-0.05, 0) is 31.5 Å². The van der Waals surface area contributed by atoms with E-state index >= 15 is 0 Å². The third-order valence-corrected chi connectivity index (χ3v) is 2.06. The van der Waals surface area contributed by atoms with E-state index in [-0.39, 0.29) is 6.61 Å². The number of methoxy groups -OCH3 is 1. The zero-order valence-corrected chi connectivity index (χ0v) is 10.1. The molecule has 92 valence electrons. The minimum Gasteiger partial charge on any atom is -0.495 e. The lowest BCUT2D eigenvalue weighted by Crippen LogP contribution is -2.25. The van der Waals surface area contributed by atoms with Crippen molar-refractivity contribution in [3.8, 4) is 5.75 Å². The molecule has 0 saturated carbocycles. The van der Waals surface area contributed by atoms with Crippen molar-refractivity contribution < 1.29 is 19.1 Å². The van der Waals surface area contributed by atoms with Crippen LogP contribution in [0.4, 0.5) is 5.69 Å². The molecule has 0 aromatic heterocycles. The zero-order valence-electron chi connectivity index (χ0n) is 10.1. The molecule has 0 radical (unpaired) electrons. The molecule has 1 aromatic rings. The Labute approximate surface area is 99.7 Å². The van der Waals surface area contributed by atoms with Crippen LogP contribution in [0.2, 0.25) is 0 Å². The Morgan fingerprint density at radius 3 is 2.65 bits per heavy atom. The monoisotopic (exact) mass is 237 g/mol. The van der Waals surface area contributed by atoms with Gasteiger partial charge in [0.1, 0.15) is 5.75 Å². The first-order valence-corrected chi connectivity index (χ1v) is 5.21. The number of nitrogens with one attached hydrogen (secondary N) is 1. The van der Waals surface area contributed by atoms with Gasteiger partial charge in [0.25, 0.3) is 0 Å². The third kappa shape index (κ3) is 3.48. The Morgan fingerprint density at radius 2 is 2.06 bits per heavy atom. The van der Waals surface area contributed by atoms with E-state index in [0.717, 1.165) is 5.56 Å². The summed E-state index contributed by atoms with van der Waals surface area (Å²) < 4.78 is 9.66. The summed E-state index contributed by atoms with van der Waals surface area (Å²) in [5.41, 5.74) is 1.40. The molecule has 0 spiro atoms. The molecule has 0 bridgehead atoms. The second kappa shape index (κ2) is 5.89. The van der Waals surface area contributed by atoms with Crippen molar-refractivity contribution in [2.75, 3.05) is 19.0 Å². The molecular weight excluding hydrogens is 222 g/mol. The number of rotatable bonds is 3. The minimum atomic E-state index is -0.906. The molecular formula is C12H15NO4. The van der Waals surface area contributed by atoms with Crippen LogP contribution in [-0.2, 0) is 14.3 Å². The number of carbonyl (C=O) groups excluding carboxylic acids is 2. The molecule has 17 heavy (non-hydrogen) atoms. The van der Waals surface area contributed by atoms with Gasteiger partial charge in [-0.15, -0.1) is 0 Å². The highest BCUT2D eigenvalue weighted by molar-refractivity contribution is 6.37. The number of anilines is 1. The lowest BCUT2D eigenvalue weighted by Gasteiger charge is -2.10. The van der Waals surface area contributed by atoms with E-state index in [1.54, 1.807) is 19.1 Å². The Bertz CT molecular complexity index is 429. The zero-order chi connectivity index (χ0) is 12.8. The molecule has 0 heterocycles. The highest BCUT2D eigenvalue weighted by Crippen LogP contribution is 2.24. The van der Waals surface area contributed by atoms with Crippen LogP contribution in [0.25, 0.3) is 0 Å². The van der Waals surface area contributed by atoms with Crippen molar-refractivity contribution in [2.45, 2.75) is 13.8 Å². The first-order valence-electron chi connectivity index (χ1n) is 5.21. The van der Waals surface area contributed by atoms with Crippen LogP contribution < -0.4 is 10.1 Å². The molecule has 0 aliphatic carbocycles. The van der Waals surface area contributed by atoms with Crippen LogP contribution in [0.1, 0.15) is 12.5 Å². The number of benzene rings is 1. The summed E-state index contributed by atoms with van der Waals surface area (Å²) in [7, 11) is 1.49. The van der Waals surface area contributed by atoms with Crippen molar-refractivity contribution in [3.05, 3.63) is 23.8 Å². The van der Waals surface area contributed by atoms with Crippen LogP contribution in [-0.4, -0.2) is 25.6 Å². The first-order chi connectivity index (χ1) is 8.08. The molecule has 1 amide bonds. The Morgan fingerprint density at radius 1 is 1.35 bits per heavy atom. The number of hydrogen-bond donors (Lipinski definition) is 1. The van der Waals surface area contributed by atoms with Crippen LogP contribution in [0.15, 0.2) is 18.2 Å². The summed E-state index contributed by atoms with van der Waals surface area (Å²) in [6.07, 6.45) is 0. The van der Waals surface area contributed by atoms with Gasteiger partial charge >= 0.3 is 11.9 Å². The third-order valence-electron chi connectivity index (χ3n) is 2.06. The predicted octanol–water partition coefficient (Wildman–Crippen LogP) is 1.51. The van der Waals surface area contributed by atoms with E-state index in [1.807, 2.05) is 13.0 Å². The van der Waals surface area contributed by atoms with Crippen molar-refractivity contribution in [1.82, 2.24) is 0 Å². The van der Waals surface area contributed by atoms with Gasteiger partial charge in [0, 0.05) is 0 Å². The Hall–Kier alpha value is -2.04. The molecule has 1 N–H and O–H groups in total. The second-order valence-corrected chi connectivity index (χ2v) is 3.38. The quantitative estimate of drug-likeness (QED) is 0.639. The number of ether oxygens (including phenoxy) is 2. The Kier molecular flexibility index (Phi) is 4.51. The number of hydrogen-bond acceptors (Lipinski definition) is 4. The van der Waals surface area contributed by atoms with E-state index in [2.05, 4.69) is 10.1 Å². The predicted molar refractivity (Wildman–Crippen MR) is 63.0 cm³/mol. The van der Waals surface area contributed by atoms with E-state index in [9.17, 15) is 9.59 Å². The van der Waals surface area contributed by atoms with Crippen LogP contribution >= 0.6 is 0 Å². The van der Waals surface area contributed by atoms with Crippen LogP contribution in [0, 0.1) is 6.92 Å². The highest BCUT2D eigenvalue weighted by atomic mass is 16.5. The molecule has 0 unspecified atom stereocenters. The minimum absolute atomic E-state index is 0.164. The summed E-state index contributed by atoms with van der Waals surface area (Å²) in [4.78, 5) is 22.6. The van der Waals surface area contributed by atoms with E-state index < -0.39 is 11.9 Å². The van der Waals surface area contributed by atoms with Gasteiger partial charge in [-0.3, -0.25) is 4.79 Å². The average Bonchev–Trinajstić information content (AvgIpc) is 2.29. The maximum Gasteiger partial charge on any atom is 0.397 e. The number of carbonyl (C=O) groups is 2. The van der Waals surface area contributed by atoms with E-state index in [1.165, 1.54) is 7.11 Å². The van der Waals surface area contributed by atoms with Crippen molar-refractivity contribution in [2.24, 2.45) is 0 Å². The van der Waals surface area contributed by atoms with Crippen molar-refractivity contribution in [3.63, 3.8) is 0 Å². The van der Waals surface area contributed by atoms with Gasteiger partial charge in [-0.25, -0.2) is 4.79 Å². The van der Waals surface area contributed by atoms with Crippen molar-refractivity contribution in [1.29, 1.82) is 0 Å². The van der Waals surface area contributed by atoms with Gasteiger partial charge in [0.05, 0.1) is 19.4 Å². The van der Waals surface area contributed by atoms with Crippen molar-refractivity contribution >= 4 is 17.6 Å². The molecule has 0 saturated heterocycles. The smallest absolute Gasteiger partial charge is 0.397 e. The number of esters is 1. The molecule has 0 aliphatic rings. The highest BCUT2D eigenvalue weighted by Gasteiger charge is 2.16.